The van der Waals surface area contributed by atoms with Gasteiger partial charge in [-0.25, -0.2) is 0 Å². The molecule has 6 nitrogen and oxygen atoms in total. The van der Waals surface area contributed by atoms with E-state index in [1.807, 2.05) is 6.92 Å². The third kappa shape index (κ3) is 6.56. The lowest BCUT2D eigenvalue weighted by atomic mass is 10.2. The van der Waals surface area contributed by atoms with Crippen molar-refractivity contribution in [2.75, 3.05) is 33.0 Å². The molecule has 1 aliphatic heterocycles. The molecule has 1 fully saturated rings. The Bertz CT molecular complexity index is 548. The van der Waals surface area contributed by atoms with Crippen LogP contribution in [0.5, 0.6) is 0 Å². The highest BCUT2D eigenvalue weighted by molar-refractivity contribution is 7.86. The summed E-state index contributed by atoms with van der Waals surface area (Å²) in [7, 11) is -3.67. The third-order valence-corrected chi connectivity index (χ3v) is 4.73. The van der Waals surface area contributed by atoms with E-state index in [1.165, 1.54) is 0 Å². The topological polar surface area (TPSA) is 71.1 Å². The predicted octanol–water partition coefficient (Wildman–Crippen LogP) is 2.26. The Labute approximate surface area is 137 Å². The zero-order chi connectivity index (χ0) is 16.5. The molecule has 0 atom stereocenters. The maximum atomic E-state index is 11.9. The van der Waals surface area contributed by atoms with E-state index >= 15 is 0 Å². The summed E-state index contributed by atoms with van der Waals surface area (Å²) in [6, 6.07) is 6.59. The fourth-order valence-electron chi connectivity index (χ4n) is 2.13. The molecule has 0 aromatic heterocycles. The van der Waals surface area contributed by atoms with Crippen LogP contribution in [0, 0.1) is 6.92 Å². The Balaban J connectivity index is 1.53. The molecule has 0 bridgehead atoms. The van der Waals surface area contributed by atoms with Crippen molar-refractivity contribution in [1.29, 1.82) is 0 Å². The lowest BCUT2D eigenvalue weighted by Gasteiger charge is -2.09. The van der Waals surface area contributed by atoms with Crippen LogP contribution in [0.25, 0.3) is 0 Å². The van der Waals surface area contributed by atoms with Crippen LogP contribution in [0.2, 0.25) is 0 Å². The van der Waals surface area contributed by atoms with E-state index in [0.29, 0.717) is 32.8 Å². The van der Waals surface area contributed by atoms with Gasteiger partial charge in [0, 0.05) is 19.6 Å². The molecule has 2 rings (SSSR count). The molecule has 0 aliphatic carbocycles. The molecule has 7 heteroatoms. The molecule has 1 aliphatic rings. The summed E-state index contributed by atoms with van der Waals surface area (Å²) in [5.74, 6) is 0. The van der Waals surface area contributed by atoms with Crippen LogP contribution < -0.4 is 0 Å². The fourth-order valence-corrected chi connectivity index (χ4v) is 3.07. The summed E-state index contributed by atoms with van der Waals surface area (Å²) < 4.78 is 44.9. The van der Waals surface area contributed by atoms with Crippen molar-refractivity contribution in [3.63, 3.8) is 0 Å². The van der Waals surface area contributed by atoms with Crippen molar-refractivity contribution >= 4 is 10.1 Å². The molecule has 1 aromatic carbocycles. The van der Waals surface area contributed by atoms with Gasteiger partial charge in [-0.3, -0.25) is 4.18 Å². The number of benzene rings is 1. The second-order valence-electron chi connectivity index (χ2n) is 5.37. The van der Waals surface area contributed by atoms with Gasteiger partial charge < -0.3 is 14.2 Å². The minimum Gasteiger partial charge on any atom is -0.381 e. The number of hydrogen-bond acceptors (Lipinski definition) is 6. The van der Waals surface area contributed by atoms with Gasteiger partial charge in [0.25, 0.3) is 10.1 Å². The molecule has 130 valence electrons. The molecule has 0 spiro atoms. The van der Waals surface area contributed by atoms with Gasteiger partial charge in [0.15, 0.2) is 6.29 Å². The van der Waals surface area contributed by atoms with E-state index in [1.54, 1.807) is 24.3 Å². The summed E-state index contributed by atoms with van der Waals surface area (Å²) in [5, 5.41) is 0. The molecule has 0 amide bonds. The van der Waals surface area contributed by atoms with Crippen molar-refractivity contribution in [3.05, 3.63) is 29.8 Å². The van der Waals surface area contributed by atoms with Gasteiger partial charge in [-0.05, 0) is 31.9 Å². The number of rotatable bonds is 10. The van der Waals surface area contributed by atoms with Gasteiger partial charge >= 0.3 is 0 Å². The fraction of sp³-hybridized carbons (Fsp3) is 0.625. The van der Waals surface area contributed by atoms with Crippen LogP contribution in [-0.4, -0.2) is 47.7 Å². The van der Waals surface area contributed by atoms with Crippen LogP contribution in [0.3, 0.4) is 0 Å². The van der Waals surface area contributed by atoms with Crippen molar-refractivity contribution in [1.82, 2.24) is 0 Å². The first kappa shape index (κ1) is 18.4. The minimum absolute atomic E-state index is 0.0958. The molecule has 0 N–H and O–H groups in total. The standard InChI is InChI=1S/C16H24O6S/c1-14-5-7-15(8-6-14)23(17,18)22-11-3-10-19-9-2-4-16-20-12-13-21-16/h5-8,16H,2-4,9-13H2,1H3. The molecule has 0 saturated carbocycles. The first-order valence-electron chi connectivity index (χ1n) is 7.85. The van der Waals surface area contributed by atoms with Crippen LogP contribution in [-0.2, 0) is 28.5 Å². The van der Waals surface area contributed by atoms with Gasteiger partial charge in [0.2, 0.25) is 0 Å². The van der Waals surface area contributed by atoms with Crippen molar-refractivity contribution in [2.45, 2.75) is 37.4 Å². The molecule has 0 unspecified atom stereocenters. The first-order valence-corrected chi connectivity index (χ1v) is 9.26. The first-order chi connectivity index (χ1) is 11.1. The maximum Gasteiger partial charge on any atom is 0.296 e. The molecule has 23 heavy (non-hydrogen) atoms. The van der Waals surface area contributed by atoms with E-state index in [4.69, 9.17) is 18.4 Å². The SMILES string of the molecule is Cc1ccc(S(=O)(=O)OCCCOCCCC2OCCO2)cc1. The number of ether oxygens (including phenoxy) is 3. The minimum atomic E-state index is -3.67. The summed E-state index contributed by atoms with van der Waals surface area (Å²) in [5.41, 5.74) is 1.01. The van der Waals surface area contributed by atoms with Crippen molar-refractivity contribution < 1.29 is 26.8 Å². The Morgan fingerprint density at radius 1 is 1.04 bits per heavy atom. The lowest BCUT2D eigenvalue weighted by Crippen LogP contribution is -2.11. The van der Waals surface area contributed by atoms with E-state index in [-0.39, 0.29) is 17.8 Å². The highest BCUT2D eigenvalue weighted by Gasteiger charge is 2.15. The summed E-state index contributed by atoms with van der Waals surface area (Å²) >= 11 is 0. The van der Waals surface area contributed by atoms with E-state index < -0.39 is 10.1 Å². The van der Waals surface area contributed by atoms with Crippen LogP contribution in [0.15, 0.2) is 29.2 Å². The molecule has 0 radical (unpaired) electrons. The summed E-state index contributed by atoms with van der Waals surface area (Å²) in [4.78, 5) is 0.181. The largest absolute Gasteiger partial charge is 0.381 e. The van der Waals surface area contributed by atoms with Crippen LogP contribution in [0.4, 0.5) is 0 Å². The Morgan fingerprint density at radius 3 is 2.39 bits per heavy atom. The molecular formula is C16H24O6S. The zero-order valence-corrected chi connectivity index (χ0v) is 14.2. The quantitative estimate of drug-likeness (QED) is 0.479. The monoisotopic (exact) mass is 344 g/mol. The van der Waals surface area contributed by atoms with Gasteiger partial charge in [0.1, 0.15) is 0 Å². The second-order valence-corrected chi connectivity index (χ2v) is 6.98. The smallest absolute Gasteiger partial charge is 0.296 e. The summed E-state index contributed by atoms with van der Waals surface area (Å²) in [6.07, 6.45) is 2.11. The maximum absolute atomic E-state index is 11.9. The van der Waals surface area contributed by atoms with Gasteiger partial charge in [-0.2, -0.15) is 8.42 Å². The second kappa shape index (κ2) is 9.34. The number of aryl methyl sites for hydroxylation is 1. The van der Waals surface area contributed by atoms with Gasteiger partial charge in [-0.15, -0.1) is 0 Å². The van der Waals surface area contributed by atoms with E-state index in [9.17, 15) is 8.42 Å². The highest BCUT2D eigenvalue weighted by atomic mass is 32.2. The zero-order valence-electron chi connectivity index (χ0n) is 13.4. The molecular weight excluding hydrogens is 320 g/mol. The average Bonchev–Trinajstić information content (AvgIpc) is 3.03. The predicted molar refractivity (Wildman–Crippen MR) is 84.7 cm³/mol. The van der Waals surface area contributed by atoms with E-state index in [0.717, 1.165) is 18.4 Å². The Kier molecular flexibility index (Phi) is 7.45. The van der Waals surface area contributed by atoms with Gasteiger partial charge in [0.05, 0.1) is 24.7 Å². The number of hydrogen-bond donors (Lipinski definition) is 0. The molecule has 1 aromatic rings. The van der Waals surface area contributed by atoms with Crippen LogP contribution >= 0.6 is 0 Å². The van der Waals surface area contributed by atoms with Crippen LogP contribution in [0.1, 0.15) is 24.8 Å². The normalized spacial score (nSPS) is 16.0. The van der Waals surface area contributed by atoms with Crippen molar-refractivity contribution in [2.24, 2.45) is 0 Å². The lowest BCUT2D eigenvalue weighted by molar-refractivity contribution is -0.0517. The third-order valence-electron chi connectivity index (χ3n) is 3.40. The Morgan fingerprint density at radius 2 is 1.70 bits per heavy atom. The van der Waals surface area contributed by atoms with Crippen molar-refractivity contribution in [3.8, 4) is 0 Å². The Hall–Kier alpha value is -0.990. The molecule has 1 heterocycles. The van der Waals surface area contributed by atoms with Gasteiger partial charge in [-0.1, -0.05) is 17.7 Å². The average molecular weight is 344 g/mol. The molecule has 1 saturated heterocycles. The van der Waals surface area contributed by atoms with E-state index in [2.05, 4.69) is 0 Å². The highest BCUT2D eigenvalue weighted by Crippen LogP contribution is 2.13. The summed E-state index contributed by atoms with van der Waals surface area (Å²) in [6.45, 7) is 4.42.